The van der Waals surface area contributed by atoms with Crippen LogP contribution >= 0.6 is 0 Å². The van der Waals surface area contributed by atoms with E-state index in [0.29, 0.717) is 12.2 Å². The number of hydrogen-bond acceptors (Lipinski definition) is 1. The van der Waals surface area contributed by atoms with Gasteiger partial charge in [0.2, 0.25) is 0 Å². The van der Waals surface area contributed by atoms with Gasteiger partial charge in [0, 0.05) is 0 Å². The zero-order valence-corrected chi connectivity index (χ0v) is 12.0. The van der Waals surface area contributed by atoms with Crippen LogP contribution in [0.15, 0.2) is 0 Å². The maximum atomic E-state index is 6.25. The average molecular weight is 238 g/mol. The number of hydrogen-bond donors (Lipinski definition) is 0. The summed E-state index contributed by atoms with van der Waals surface area (Å²) < 4.78 is 6.25. The minimum absolute atomic E-state index is 0.458. The van der Waals surface area contributed by atoms with Crippen molar-refractivity contribution in [1.82, 2.24) is 0 Å². The molecule has 4 unspecified atom stereocenters. The highest BCUT2D eigenvalue weighted by atomic mass is 16.5. The highest BCUT2D eigenvalue weighted by Crippen LogP contribution is 2.41. The Morgan fingerprint density at radius 3 is 2.35 bits per heavy atom. The van der Waals surface area contributed by atoms with E-state index in [9.17, 15) is 0 Å². The van der Waals surface area contributed by atoms with E-state index in [0.717, 1.165) is 17.8 Å². The van der Waals surface area contributed by atoms with E-state index >= 15 is 0 Å². The molecule has 0 aromatic heterocycles. The first kappa shape index (κ1) is 13.4. The van der Waals surface area contributed by atoms with Crippen LogP contribution in [0.25, 0.3) is 0 Å². The maximum Gasteiger partial charge on any atom is 0.0581 e. The highest BCUT2D eigenvalue weighted by Gasteiger charge is 2.33. The van der Waals surface area contributed by atoms with Crippen molar-refractivity contribution in [2.45, 2.75) is 84.3 Å². The molecular formula is C16H30O. The molecule has 2 aliphatic carbocycles. The molecule has 0 N–H and O–H groups in total. The van der Waals surface area contributed by atoms with Gasteiger partial charge in [-0.05, 0) is 50.4 Å². The van der Waals surface area contributed by atoms with Crippen molar-refractivity contribution in [2.75, 3.05) is 0 Å². The van der Waals surface area contributed by atoms with E-state index in [1.807, 2.05) is 0 Å². The molecule has 17 heavy (non-hydrogen) atoms. The molecule has 1 nitrogen and oxygen atoms in total. The van der Waals surface area contributed by atoms with Gasteiger partial charge in [-0.3, -0.25) is 0 Å². The fourth-order valence-corrected chi connectivity index (χ4v) is 4.00. The van der Waals surface area contributed by atoms with Crippen LogP contribution in [0.5, 0.6) is 0 Å². The van der Waals surface area contributed by atoms with Crippen molar-refractivity contribution in [3.8, 4) is 0 Å². The molecule has 0 spiro atoms. The summed E-state index contributed by atoms with van der Waals surface area (Å²) in [4.78, 5) is 0. The molecule has 0 heterocycles. The third kappa shape index (κ3) is 3.98. The zero-order chi connectivity index (χ0) is 12.3. The zero-order valence-electron chi connectivity index (χ0n) is 12.0. The lowest BCUT2D eigenvalue weighted by atomic mass is 9.70. The largest absolute Gasteiger partial charge is 0.375 e. The summed E-state index contributed by atoms with van der Waals surface area (Å²) in [7, 11) is 0. The number of ether oxygens (including phenoxy) is 1. The predicted octanol–water partition coefficient (Wildman–Crippen LogP) is 4.80. The normalized spacial score (nSPS) is 35.6. The second-order valence-corrected chi connectivity index (χ2v) is 6.82. The summed E-state index contributed by atoms with van der Waals surface area (Å²) in [6, 6.07) is 0. The minimum Gasteiger partial charge on any atom is -0.375 e. The summed E-state index contributed by atoms with van der Waals surface area (Å²) in [5.74, 6) is 2.80. The van der Waals surface area contributed by atoms with Crippen LogP contribution in [0.4, 0.5) is 0 Å². The van der Waals surface area contributed by atoms with Gasteiger partial charge in [0.1, 0.15) is 0 Å². The van der Waals surface area contributed by atoms with Crippen molar-refractivity contribution in [2.24, 2.45) is 17.8 Å². The van der Waals surface area contributed by atoms with Gasteiger partial charge in [-0.15, -0.1) is 0 Å². The molecule has 0 aromatic rings. The standard InChI is InChI=1S/C16H30O/c1-12(2)10-13(3)17-16-9-8-14-6-4-5-7-15(14)11-16/h12-16H,4-11H2,1-3H3. The Morgan fingerprint density at radius 1 is 0.941 bits per heavy atom. The summed E-state index contributed by atoms with van der Waals surface area (Å²) in [6.07, 6.45) is 12.3. The Balaban J connectivity index is 1.75. The Labute approximate surface area is 107 Å². The van der Waals surface area contributed by atoms with Gasteiger partial charge in [-0.2, -0.15) is 0 Å². The third-order valence-electron chi connectivity index (χ3n) is 4.72. The molecule has 1 heteroatoms. The van der Waals surface area contributed by atoms with Crippen molar-refractivity contribution >= 4 is 0 Å². The van der Waals surface area contributed by atoms with E-state index in [1.54, 1.807) is 0 Å². The molecule has 0 aliphatic heterocycles. The minimum atomic E-state index is 0.458. The molecule has 100 valence electrons. The lowest BCUT2D eigenvalue weighted by molar-refractivity contribution is -0.0558. The molecule has 4 atom stereocenters. The SMILES string of the molecule is CC(C)CC(C)OC1CCC2CCCCC2C1. The molecule has 0 amide bonds. The molecule has 0 saturated heterocycles. The molecule has 0 aromatic carbocycles. The van der Waals surface area contributed by atoms with Crippen LogP contribution < -0.4 is 0 Å². The maximum absolute atomic E-state index is 6.25. The van der Waals surface area contributed by atoms with E-state index in [4.69, 9.17) is 4.74 Å². The topological polar surface area (TPSA) is 9.23 Å². The Kier molecular flexibility index (Phi) is 4.90. The molecule has 2 rings (SSSR count). The van der Waals surface area contributed by atoms with Gasteiger partial charge in [0.25, 0.3) is 0 Å². The van der Waals surface area contributed by atoms with Gasteiger partial charge in [0.05, 0.1) is 12.2 Å². The van der Waals surface area contributed by atoms with Gasteiger partial charge in [-0.25, -0.2) is 0 Å². The lowest BCUT2D eigenvalue weighted by Gasteiger charge is -2.40. The van der Waals surface area contributed by atoms with Crippen molar-refractivity contribution in [3.63, 3.8) is 0 Å². The Morgan fingerprint density at radius 2 is 1.65 bits per heavy atom. The first-order chi connectivity index (χ1) is 8.15. The Bertz CT molecular complexity index is 224. The molecule has 2 saturated carbocycles. The highest BCUT2D eigenvalue weighted by molar-refractivity contribution is 4.84. The lowest BCUT2D eigenvalue weighted by Crippen LogP contribution is -2.33. The van der Waals surface area contributed by atoms with E-state index in [-0.39, 0.29) is 0 Å². The smallest absolute Gasteiger partial charge is 0.0581 e. The van der Waals surface area contributed by atoms with Crippen LogP contribution in [0, 0.1) is 17.8 Å². The summed E-state index contributed by atoms with van der Waals surface area (Å²) >= 11 is 0. The quantitative estimate of drug-likeness (QED) is 0.684. The fraction of sp³-hybridized carbons (Fsp3) is 1.00. The van der Waals surface area contributed by atoms with Gasteiger partial charge in [-0.1, -0.05) is 39.5 Å². The fourth-order valence-electron chi connectivity index (χ4n) is 4.00. The molecule has 0 bridgehead atoms. The number of fused-ring (bicyclic) bond motifs is 1. The summed E-state index contributed by atoms with van der Waals surface area (Å²) in [6.45, 7) is 6.84. The van der Waals surface area contributed by atoms with Gasteiger partial charge < -0.3 is 4.74 Å². The first-order valence-corrected chi connectivity index (χ1v) is 7.80. The second kappa shape index (κ2) is 6.22. The predicted molar refractivity (Wildman–Crippen MR) is 73.1 cm³/mol. The van der Waals surface area contributed by atoms with Crippen LogP contribution in [0.2, 0.25) is 0 Å². The number of rotatable bonds is 4. The molecular weight excluding hydrogens is 208 g/mol. The van der Waals surface area contributed by atoms with Crippen LogP contribution in [-0.2, 0) is 4.74 Å². The van der Waals surface area contributed by atoms with Crippen molar-refractivity contribution in [1.29, 1.82) is 0 Å². The van der Waals surface area contributed by atoms with Crippen LogP contribution in [-0.4, -0.2) is 12.2 Å². The Hall–Kier alpha value is -0.0400. The van der Waals surface area contributed by atoms with Gasteiger partial charge in [0.15, 0.2) is 0 Å². The molecule has 0 radical (unpaired) electrons. The first-order valence-electron chi connectivity index (χ1n) is 7.80. The van der Waals surface area contributed by atoms with E-state index in [1.165, 1.54) is 51.4 Å². The molecule has 2 aliphatic rings. The van der Waals surface area contributed by atoms with E-state index < -0.39 is 0 Å². The van der Waals surface area contributed by atoms with Gasteiger partial charge >= 0.3 is 0 Å². The molecule has 2 fully saturated rings. The average Bonchev–Trinajstić information content (AvgIpc) is 2.27. The monoisotopic (exact) mass is 238 g/mol. The second-order valence-electron chi connectivity index (χ2n) is 6.82. The summed E-state index contributed by atoms with van der Waals surface area (Å²) in [5, 5.41) is 0. The summed E-state index contributed by atoms with van der Waals surface area (Å²) in [5.41, 5.74) is 0. The van der Waals surface area contributed by atoms with Crippen LogP contribution in [0.1, 0.15) is 72.1 Å². The van der Waals surface area contributed by atoms with Crippen molar-refractivity contribution < 1.29 is 4.74 Å². The third-order valence-corrected chi connectivity index (χ3v) is 4.72. The van der Waals surface area contributed by atoms with E-state index in [2.05, 4.69) is 20.8 Å². The van der Waals surface area contributed by atoms with Crippen LogP contribution in [0.3, 0.4) is 0 Å². The van der Waals surface area contributed by atoms with Crippen molar-refractivity contribution in [3.05, 3.63) is 0 Å².